The van der Waals surface area contributed by atoms with Crippen molar-refractivity contribution in [1.82, 2.24) is 4.90 Å². The number of carbonyl (C=O) groups excluding carboxylic acids is 4. The van der Waals surface area contributed by atoms with Gasteiger partial charge in [0, 0.05) is 30.2 Å². The summed E-state index contributed by atoms with van der Waals surface area (Å²) in [4.78, 5) is 48.2. The molecular formula is C18H25NO7S. The minimum atomic E-state index is -0.826. The van der Waals surface area contributed by atoms with Crippen LogP contribution in [0.25, 0.3) is 0 Å². The molecule has 150 valence electrons. The van der Waals surface area contributed by atoms with Crippen LogP contribution < -0.4 is 0 Å². The normalized spacial score (nSPS) is 14.5. The average Bonchev–Trinajstić information content (AvgIpc) is 2.88. The summed E-state index contributed by atoms with van der Waals surface area (Å²) in [5.74, 6) is -1.32. The molecule has 0 aromatic carbocycles. The Bertz CT molecular complexity index is 616. The van der Waals surface area contributed by atoms with Crippen molar-refractivity contribution in [3.8, 4) is 0 Å². The maximum Gasteiger partial charge on any atom is 0.349 e. The zero-order valence-corrected chi connectivity index (χ0v) is 16.8. The fraction of sp³-hybridized carbons (Fsp3) is 0.556. The van der Waals surface area contributed by atoms with Crippen LogP contribution in [-0.2, 0) is 33.4 Å². The molecule has 0 saturated heterocycles. The lowest BCUT2D eigenvalue weighted by Gasteiger charge is -2.20. The summed E-state index contributed by atoms with van der Waals surface area (Å²) < 4.78 is 15.3. The van der Waals surface area contributed by atoms with Crippen LogP contribution in [-0.4, -0.2) is 65.5 Å². The monoisotopic (exact) mass is 399 g/mol. The Balaban J connectivity index is 2.38. The second-order valence-corrected chi connectivity index (χ2v) is 7.62. The van der Waals surface area contributed by atoms with E-state index in [1.165, 1.54) is 23.9 Å². The van der Waals surface area contributed by atoms with Crippen LogP contribution in [0.3, 0.4) is 0 Å². The van der Waals surface area contributed by atoms with Gasteiger partial charge in [-0.2, -0.15) is 11.8 Å². The zero-order chi connectivity index (χ0) is 20.4. The van der Waals surface area contributed by atoms with Crippen LogP contribution >= 0.6 is 11.8 Å². The second kappa shape index (κ2) is 10.8. The third kappa shape index (κ3) is 8.29. The number of esters is 2. The molecule has 0 N–H and O–H groups in total. The van der Waals surface area contributed by atoms with Crippen LogP contribution in [0, 0.1) is 0 Å². The number of nitrogens with zero attached hydrogens (tertiary/aromatic N) is 1. The van der Waals surface area contributed by atoms with Gasteiger partial charge in [-0.25, -0.2) is 9.59 Å². The zero-order valence-electron chi connectivity index (χ0n) is 16.0. The summed E-state index contributed by atoms with van der Waals surface area (Å²) in [6, 6.07) is 0. The maximum absolute atomic E-state index is 12.1. The Kier molecular flexibility index (Phi) is 9.07. The number of thioether (sulfide) groups is 1. The number of ether oxygens (including phenoxy) is 3. The molecule has 0 atom stereocenters. The maximum atomic E-state index is 12.1. The molecule has 1 aliphatic heterocycles. The highest BCUT2D eigenvalue weighted by Crippen LogP contribution is 2.13. The molecule has 0 radical (unpaired) electrons. The van der Waals surface area contributed by atoms with E-state index in [2.05, 4.69) is 0 Å². The number of hydrogen-bond acceptors (Lipinski definition) is 8. The molecule has 9 heteroatoms. The van der Waals surface area contributed by atoms with E-state index in [1.54, 1.807) is 27.7 Å². The molecule has 0 aliphatic carbocycles. The van der Waals surface area contributed by atoms with Gasteiger partial charge < -0.3 is 14.2 Å². The van der Waals surface area contributed by atoms with Gasteiger partial charge in [-0.05, 0) is 27.7 Å². The van der Waals surface area contributed by atoms with E-state index in [1.807, 2.05) is 0 Å². The number of rotatable bonds is 10. The third-order valence-corrected chi connectivity index (χ3v) is 3.95. The van der Waals surface area contributed by atoms with Crippen molar-refractivity contribution in [3.63, 3.8) is 0 Å². The number of amides is 2. The molecule has 8 nitrogen and oxygen atoms in total. The Hall–Kier alpha value is -2.29. The summed E-state index contributed by atoms with van der Waals surface area (Å²) in [7, 11) is 0. The average molecular weight is 399 g/mol. The lowest BCUT2D eigenvalue weighted by molar-refractivity contribution is -0.154. The van der Waals surface area contributed by atoms with Gasteiger partial charge in [-0.3, -0.25) is 14.5 Å². The van der Waals surface area contributed by atoms with Crippen molar-refractivity contribution in [3.05, 3.63) is 24.0 Å². The fourth-order valence-corrected chi connectivity index (χ4v) is 2.58. The van der Waals surface area contributed by atoms with Crippen molar-refractivity contribution in [2.24, 2.45) is 0 Å². The SMILES string of the molecule is CCOC=C(C(=O)OCCSCCN1C(=O)C=CC1=O)C(=O)OC(C)(C)C. The summed E-state index contributed by atoms with van der Waals surface area (Å²) >= 11 is 1.42. The molecule has 0 fully saturated rings. The molecule has 0 unspecified atom stereocenters. The number of hydrogen-bond donors (Lipinski definition) is 0. The van der Waals surface area contributed by atoms with E-state index in [4.69, 9.17) is 14.2 Å². The summed E-state index contributed by atoms with van der Waals surface area (Å²) in [6.45, 7) is 7.44. The van der Waals surface area contributed by atoms with E-state index in [0.29, 0.717) is 11.5 Å². The minimum absolute atomic E-state index is 0.0654. The van der Waals surface area contributed by atoms with Gasteiger partial charge in [-0.15, -0.1) is 0 Å². The van der Waals surface area contributed by atoms with Crippen LogP contribution in [0.4, 0.5) is 0 Å². The van der Waals surface area contributed by atoms with Gasteiger partial charge in [0.2, 0.25) is 0 Å². The Morgan fingerprint density at radius 1 is 1.11 bits per heavy atom. The van der Waals surface area contributed by atoms with Crippen molar-refractivity contribution >= 4 is 35.5 Å². The number of imide groups is 1. The first-order chi connectivity index (χ1) is 12.7. The van der Waals surface area contributed by atoms with Gasteiger partial charge in [-0.1, -0.05) is 0 Å². The standard InChI is InChI=1S/C18H25NO7S/c1-5-24-12-13(17(23)26-18(2,3)4)16(22)25-9-11-27-10-8-19-14(20)6-7-15(19)21/h6-7,12H,5,8-11H2,1-4H3. The summed E-state index contributed by atoms with van der Waals surface area (Å²) in [5, 5.41) is 0. The highest BCUT2D eigenvalue weighted by molar-refractivity contribution is 7.99. The lowest BCUT2D eigenvalue weighted by atomic mass is 10.2. The molecule has 0 aromatic rings. The minimum Gasteiger partial charge on any atom is -0.500 e. The van der Waals surface area contributed by atoms with Crippen molar-refractivity contribution in [2.75, 3.05) is 31.3 Å². The third-order valence-electron chi connectivity index (χ3n) is 3.03. The quantitative estimate of drug-likeness (QED) is 0.104. The van der Waals surface area contributed by atoms with E-state index < -0.39 is 17.5 Å². The van der Waals surface area contributed by atoms with Crippen LogP contribution in [0.5, 0.6) is 0 Å². The Labute approximate surface area is 162 Å². The first-order valence-electron chi connectivity index (χ1n) is 8.49. The first-order valence-corrected chi connectivity index (χ1v) is 9.64. The van der Waals surface area contributed by atoms with E-state index in [0.717, 1.165) is 11.2 Å². The smallest absolute Gasteiger partial charge is 0.349 e. The van der Waals surface area contributed by atoms with Crippen molar-refractivity contribution < 1.29 is 33.4 Å². The summed E-state index contributed by atoms with van der Waals surface area (Å²) in [5.41, 5.74) is -1.06. The summed E-state index contributed by atoms with van der Waals surface area (Å²) in [6.07, 6.45) is 3.51. The molecule has 27 heavy (non-hydrogen) atoms. The topological polar surface area (TPSA) is 99.2 Å². The molecule has 0 saturated carbocycles. The molecule has 2 amide bonds. The van der Waals surface area contributed by atoms with Crippen LogP contribution in [0.1, 0.15) is 27.7 Å². The fourth-order valence-electron chi connectivity index (χ4n) is 1.86. The Morgan fingerprint density at radius 2 is 1.74 bits per heavy atom. The molecule has 1 heterocycles. The predicted octanol–water partition coefficient (Wildman–Crippen LogP) is 1.45. The van der Waals surface area contributed by atoms with Gasteiger partial charge in [0.05, 0.1) is 6.61 Å². The molecule has 1 rings (SSSR count). The molecule has 0 bridgehead atoms. The van der Waals surface area contributed by atoms with E-state index >= 15 is 0 Å². The number of carbonyl (C=O) groups is 4. The molecular weight excluding hydrogens is 374 g/mol. The lowest BCUT2D eigenvalue weighted by Crippen LogP contribution is -2.32. The molecule has 0 spiro atoms. The van der Waals surface area contributed by atoms with Gasteiger partial charge in [0.1, 0.15) is 18.5 Å². The molecule has 0 aromatic heterocycles. The van der Waals surface area contributed by atoms with Gasteiger partial charge in [0.15, 0.2) is 5.57 Å². The predicted molar refractivity (Wildman–Crippen MR) is 99.7 cm³/mol. The van der Waals surface area contributed by atoms with Gasteiger partial charge >= 0.3 is 11.9 Å². The first kappa shape index (κ1) is 22.8. The second-order valence-electron chi connectivity index (χ2n) is 6.40. The van der Waals surface area contributed by atoms with Crippen molar-refractivity contribution in [2.45, 2.75) is 33.3 Å². The van der Waals surface area contributed by atoms with Crippen LogP contribution in [0.2, 0.25) is 0 Å². The van der Waals surface area contributed by atoms with Crippen molar-refractivity contribution in [1.29, 1.82) is 0 Å². The largest absolute Gasteiger partial charge is 0.500 e. The highest BCUT2D eigenvalue weighted by Gasteiger charge is 2.27. The van der Waals surface area contributed by atoms with Gasteiger partial charge in [0.25, 0.3) is 11.8 Å². The van der Waals surface area contributed by atoms with E-state index in [9.17, 15) is 19.2 Å². The molecule has 1 aliphatic rings. The van der Waals surface area contributed by atoms with Crippen LogP contribution in [0.15, 0.2) is 24.0 Å². The van der Waals surface area contributed by atoms with E-state index in [-0.39, 0.29) is 37.1 Å². The highest BCUT2D eigenvalue weighted by atomic mass is 32.2. The Morgan fingerprint density at radius 3 is 2.30 bits per heavy atom.